The number of hydrogen-bond acceptors (Lipinski definition) is 6. The van der Waals surface area contributed by atoms with Gasteiger partial charge in [0.25, 0.3) is 0 Å². The van der Waals surface area contributed by atoms with Crippen LogP contribution in [0.2, 0.25) is 0 Å². The molecule has 0 saturated heterocycles. The molecule has 12 nitrogen and oxygen atoms in total. The first-order valence-electron chi connectivity index (χ1n) is 19.0. The number of ether oxygens (including phenoxy) is 3. The summed E-state index contributed by atoms with van der Waals surface area (Å²) >= 11 is 0. The van der Waals surface area contributed by atoms with Crippen molar-refractivity contribution in [2.45, 2.75) is 150 Å². The van der Waals surface area contributed by atoms with E-state index in [1.807, 2.05) is 0 Å². The van der Waals surface area contributed by atoms with Gasteiger partial charge in [-0.1, -0.05) is 83.1 Å². The molecular formula is C36H67N9O3. The molecule has 0 aliphatic heterocycles. The van der Waals surface area contributed by atoms with E-state index in [9.17, 15) is 0 Å². The van der Waals surface area contributed by atoms with Crippen LogP contribution in [0.25, 0.3) is 31.3 Å². The molecule has 0 aromatic heterocycles. The normalized spacial score (nSPS) is 27.2. The van der Waals surface area contributed by atoms with E-state index in [-0.39, 0.29) is 29.1 Å². The summed E-state index contributed by atoms with van der Waals surface area (Å²) in [6.45, 7) is 19.8. The van der Waals surface area contributed by atoms with E-state index in [4.69, 9.17) is 30.8 Å². The van der Waals surface area contributed by atoms with Crippen molar-refractivity contribution in [3.05, 3.63) is 31.3 Å². The smallest absolute Gasteiger partial charge is 0.0637 e. The lowest BCUT2D eigenvalue weighted by atomic mass is 9.49. The molecule has 2 fully saturated rings. The number of rotatable bonds is 26. The highest BCUT2D eigenvalue weighted by atomic mass is 16.5. The van der Waals surface area contributed by atoms with Gasteiger partial charge in [0, 0.05) is 59.6 Å². The summed E-state index contributed by atoms with van der Waals surface area (Å²) in [4.78, 5) is 8.74. The summed E-state index contributed by atoms with van der Waals surface area (Å²) in [6, 6.07) is 0. The van der Waals surface area contributed by atoms with E-state index >= 15 is 0 Å². The third-order valence-corrected chi connectivity index (χ3v) is 12.0. The molecule has 9 atom stereocenters. The molecule has 0 N–H and O–H groups in total. The van der Waals surface area contributed by atoms with Crippen LogP contribution >= 0.6 is 0 Å². The van der Waals surface area contributed by atoms with Crippen molar-refractivity contribution in [3.63, 3.8) is 0 Å². The molecule has 0 spiro atoms. The van der Waals surface area contributed by atoms with Crippen molar-refractivity contribution in [3.8, 4) is 0 Å². The Morgan fingerprint density at radius 3 is 1.98 bits per heavy atom. The van der Waals surface area contributed by atoms with Crippen LogP contribution in [0.3, 0.4) is 0 Å². The fourth-order valence-electron chi connectivity index (χ4n) is 9.37. The van der Waals surface area contributed by atoms with Crippen molar-refractivity contribution in [1.29, 1.82) is 0 Å². The first-order chi connectivity index (χ1) is 23.2. The number of azide groups is 3. The largest absolute Gasteiger partial charge is 0.378 e. The van der Waals surface area contributed by atoms with Crippen molar-refractivity contribution in [2.24, 2.45) is 55.8 Å². The van der Waals surface area contributed by atoms with Gasteiger partial charge < -0.3 is 14.2 Å². The van der Waals surface area contributed by atoms with Gasteiger partial charge in [-0.2, -0.15) is 0 Å². The number of hydrogen-bond donors (Lipinski definition) is 0. The predicted molar refractivity (Wildman–Crippen MR) is 193 cm³/mol. The zero-order valence-electron chi connectivity index (χ0n) is 31.3. The van der Waals surface area contributed by atoms with E-state index < -0.39 is 0 Å². The number of unbranched alkanes of at least 4 members (excludes halogenated alkanes) is 1. The summed E-state index contributed by atoms with van der Waals surface area (Å²) in [6.07, 6.45) is 13.7. The van der Waals surface area contributed by atoms with Crippen LogP contribution in [0.4, 0.5) is 0 Å². The summed E-state index contributed by atoms with van der Waals surface area (Å²) in [5, 5.41) is 11.2. The molecule has 12 heteroatoms. The van der Waals surface area contributed by atoms with E-state index in [2.05, 4.69) is 78.5 Å². The second kappa shape index (κ2) is 22.5. The molecule has 0 aromatic rings. The average Bonchev–Trinajstić information content (AvgIpc) is 3.44. The minimum atomic E-state index is 0.0222. The molecule has 48 heavy (non-hydrogen) atoms. The van der Waals surface area contributed by atoms with Gasteiger partial charge >= 0.3 is 0 Å². The van der Waals surface area contributed by atoms with Crippen LogP contribution in [-0.2, 0) is 14.2 Å². The van der Waals surface area contributed by atoms with E-state index in [0.717, 1.165) is 51.4 Å². The summed E-state index contributed by atoms with van der Waals surface area (Å²) in [5.74, 6) is 2.49. The minimum Gasteiger partial charge on any atom is -0.378 e. The van der Waals surface area contributed by atoms with Gasteiger partial charge in [-0.3, -0.25) is 0 Å². The molecule has 0 amide bonds. The quantitative estimate of drug-likeness (QED) is 0.0385. The Morgan fingerprint density at radius 2 is 1.42 bits per heavy atom. The third-order valence-electron chi connectivity index (χ3n) is 12.0. The lowest BCUT2D eigenvalue weighted by molar-refractivity contribution is -0.185. The number of nitrogens with zero attached hydrogens (tertiary/aromatic N) is 9. The lowest BCUT2D eigenvalue weighted by Gasteiger charge is -2.59. The molecule has 2 aliphatic rings. The van der Waals surface area contributed by atoms with Gasteiger partial charge in [0.1, 0.15) is 0 Å². The van der Waals surface area contributed by atoms with E-state index in [1.165, 1.54) is 32.1 Å². The maximum atomic E-state index is 8.83. The Bertz CT molecular complexity index is 1060. The van der Waals surface area contributed by atoms with Gasteiger partial charge in [-0.15, -0.1) is 0 Å². The Morgan fingerprint density at radius 1 is 0.812 bits per heavy atom. The van der Waals surface area contributed by atoms with Gasteiger partial charge in [-0.25, -0.2) is 0 Å². The average molecular weight is 674 g/mol. The highest BCUT2D eigenvalue weighted by molar-refractivity contribution is 5.11. The molecule has 2 rings (SSSR count). The summed E-state index contributed by atoms with van der Waals surface area (Å²) in [7, 11) is 0. The lowest BCUT2D eigenvalue weighted by Crippen LogP contribution is -2.58. The predicted octanol–water partition coefficient (Wildman–Crippen LogP) is 11.4. The van der Waals surface area contributed by atoms with Crippen molar-refractivity contribution in [2.75, 3.05) is 39.5 Å². The fourth-order valence-corrected chi connectivity index (χ4v) is 9.37. The van der Waals surface area contributed by atoms with Crippen LogP contribution in [-0.4, -0.2) is 57.8 Å². The standard InChI is InChI=1S/C36H67N9O3/c1-8-11-15-27(4)29-16-17-30-34(32(10-3)47-24-13-21-41-44-38)31(26-33(36(29,30)7)48-25-14-22-42-45-39)35(5,6)19-18-28(9-2)46-23-12-20-40-43-37/h27-34H,8-26H2,1-7H3/t27-,28+,29-,30+,31+,32-,33+,34?,36-/m1/s1. The van der Waals surface area contributed by atoms with Crippen molar-refractivity contribution < 1.29 is 14.2 Å². The highest BCUT2D eigenvalue weighted by Crippen LogP contribution is 2.65. The Hall–Kier alpha value is -2.19. The second-order valence-electron chi connectivity index (χ2n) is 15.2. The van der Waals surface area contributed by atoms with Crippen LogP contribution in [0, 0.1) is 40.4 Å². The second-order valence-corrected chi connectivity index (χ2v) is 15.2. The van der Waals surface area contributed by atoms with Gasteiger partial charge in [-0.05, 0) is 116 Å². The third kappa shape index (κ3) is 12.0. The van der Waals surface area contributed by atoms with Gasteiger partial charge in [0.05, 0.1) is 18.3 Å². The Labute approximate surface area is 290 Å². The van der Waals surface area contributed by atoms with Crippen LogP contribution in [0.5, 0.6) is 0 Å². The zero-order chi connectivity index (χ0) is 35.4. The maximum Gasteiger partial charge on any atom is 0.0637 e. The Kier molecular flexibility index (Phi) is 19.7. The van der Waals surface area contributed by atoms with E-state index in [0.29, 0.717) is 69.0 Å². The molecule has 1 unspecified atom stereocenters. The van der Waals surface area contributed by atoms with Crippen molar-refractivity contribution in [1.82, 2.24) is 0 Å². The maximum absolute atomic E-state index is 8.83. The van der Waals surface area contributed by atoms with Crippen LogP contribution < -0.4 is 0 Å². The number of fused-ring (bicyclic) bond motifs is 1. The van der Waals surface area contributed by atoms with Gasteiger partial charge in [0.2, 0.25) is 0 Å². The molecule has 0 radical (unpaired) electrons. The molecular weight excluding hydrogens is 606 g/mol. The molecule has 2 aliphatic carbocycles. The zero-order valence-corrected chi connectivity index (χ0v) is 31.3. The first kappa shape index (κ1) is 42.0. The van der Waals surface area contributed by atoms with Gasteiger partial charge in [0.15, 0.2) is 0 Å². The Balaban J connectivity index is 2.45. The molecule has 2 saturated carbocycles. The summed E-state index contributed by atoms with van der Waals surface area (Å²) in [5.41, 5.74) is 26.3. The molecule has 0 aromatic carbocycles. The van der Waals surface area contributed by atoms with Crippen molar-refractivity contribution >= 4 is 0 Å². The SMILES string of the molecule is CCCC[C@@H](C)[C@H]1CC[C@H]2C([C@@H](CC)OCCCN=[N+]=[N-])[C@@H](C(C)(C)CC[C@H](CC)OCCCN=[N+]=[N-])C[C@H](OCCCN=[N+]=[N-])[C@]12C. The van der Waals surface area contributed by atoms with E-state index in [1.54, 1.807) is 0 Å². The minimum absolute atomic E-state index is 0.0222. The fraction of sp³-hybridized carbons (Fsp3) is 1.00. The monoisotopic (exact) mass is 674 g/mol. The van der Waals surface area contributed by atoms with Crippen LogP contribution in [0.1, 0.15) is 132 Å². The molecule has 0 heterocycles. The van der Waals surface area contributed by atoms with Crippen LogP contribution in [0.15, 0.2) is 15.3 Å². The highest BCUT2D eigenvalue weighted by Gasteiger charge is 2.62. The molecule has 0 bridgehead atoms. The molecule has 274 valence electrons. The first-order valence-corrected chi connectivity index (χ1v) is 19.0. The topological polar surface area (TPSA) is 174 Å². The summed E-state index contributed by atoms with van der Waals surface area (Å²) < 4.78 is 20.0.